The summed E-state index contributed by atoms with van der Waals surface area (Å²) in [5, 5.41) is 14.5. The molecule has 0 saturated carbocycles. The maximum Gasteiger partial charge on any atom is 0.319 e. The molecule has 0 spiro atoms. The standard InChI is InChI=1S/C18H18FN3O3/c1-18(2,10-23)22-17(24)20-13-7-8-14-15(9-13)25-16(21-14)11-3-5-12(19)6-4-11/h3-9,23H,10H2,1-2H3,(H2,20,22,24). The van der Waals surface area contributed by atoms with Crippen LogP contribution < -0.4 is 10.6 Å². The molecule has 3 aromatic rings. The molecule has 0 aliphatic carbocycles. The van der Waals surface area contributed by atoms with Gasteiger partial charge in [-0.15, -0.1) is 0 Å². The lowest BCUT2D eigenvalue weighted by molar-refractivity contribution is 0.187. The largest absolute Gasteiger partial charge is 0.436 e. The number of anilines is 1. The number of aromatic nitrogens is 1. The minimum atomic E-state index is -0.726. The molecule has 0 bridgehead atoms. The number of oxazole rings is 1. The first-order chi connectivity index (χ1) is 11.9. The number of rotatable bonds is 4. The summed E-state index contributed by atoms with van der Waals surface area (Å²) in [5.74, 6) is 0.0428. The highest BCUT2D eigenvalue weighted by molar-refractivity contribution is 5.92. The average Bonchev–Trinajstić information content (AvgIpc) is 2.98. The number of urea groups is 1. The van der Waals surface area contributed by atoms with E-state index in [1.165, 1.54) is 12.1 Å². The number of carbonyl (C=O) groups excluding carboxylic acids is 1. The van der Waals surface area contributed by atoms with Gasteiger partial charge in [-0.3, -0.25) is 0 Å². The highest BCUT2D eigenvalue weighted by Crippen LogP contribution is 2.26. The summed E-state index contributed by atoms with van der Waals surface area (Å²) in [7, 11) is 0. The number of aliphatic hydroxyl groups excluding tert-OH is 1. The summed E-state index contributed by atoms with van der Waals surface area (Å²) >= 11 is 0. The fraction of sp³-hybridized carbons (Fsp3) is 0.222. The molecule has 3 N–H and O–H groups in total. The van der Waals surface area contributed by atoms with Crippen LogP contribution in [-0.2, 0) is 0 Å². The molecule has 7 heteroatoms. The Bertz CT molecular complexity index is 904. The Hall–Kier alpha value is -2.93. The van der Waals surface area contributed by atoms with Crippen molar-refractivity contribution in [3.8, 4) is 11.5 Å². The number of halogens is 1. The molecule has 0 fully saturated rings. The third kappa shape index (κ3) is 3.95. The monoisotopic (exact) mass is 343 g/mol. The molecular weight excluding hydrogens is 325 g/mol. The molecule has 0 saturated heterocycles. The van der Waals surface area contributed by atoms with Crippen LogP contribution in [0.2, 0.25) is 0 Å². The van der Waals surface area contributed by atoms with Crippen LogP contribution in [-0.4, -0.2) is 28.3 Å². The Morgan fingerprint density at radius 3 is 2.64 bits per heavy atom. The molecule has 0 aliphatic rings. The van der Waals surface area contributed by atoms with Crippen molar-refractivity contribution in [2.75, 3.05) is 11.9 Å². The lowest BCUT2D eigenvalue weighted by atomic mass is 10.1. The van der Waals surface area contributed by atoms with Crippen molar-refractivity contribution < 1.29 is 18.7 Å². The molecule has 0 aliphatic heterocycles. The van der Waals surface area contributed by atoms with E-state index in [0.29, 0.717) is 28.2 Å². The van der Waals surface area contributed by atoms with E-state index in [1.807, 2.05) is 0 Å². The minimum absolute atomic E-state index is 0.178. The summed E-state index contributed by atoms with van der Waals surface area (Å²) in [6.45, 7) is 3.24. The summed E-state index contributed by atoms with van der Waals surface area (Å²) in [6, 6.07) is 10.5. The van der Waals surface area contributed by atoms with Gasteiger partial charge in [0.05, 0.1) is 12.1 Å². The number of amides is 2. The van der Waals surface area contributed by atoms with Crippen molar-refractivity contribution in [1.82, 2.24) is 10.3 Å². The smallest absolute Gasteiger partial charge is 0.319 e. The zero-order chi connectivity index (χ0) is 18.0. The summed E-state index contributed by atoms with van der Waals surface area (Å²) in [5.41, 5.74) is 1.59. The maximum absolute atomic E-state index is 13.0. The Kier molecular flexibility index (Phi) is 4.41. The predicted octanol–water partition coefficient (Wildman–Crippen LogP) is 3.53. The SMILES string of the molecule is CC(C)(CO)NC(=O)Nc1ccc2nc(-c3ccc(F)cc3)oc2c1. The second kappa shape index (κ2) is 6.52. The molecule has 0 unspecified atom stereocenters. The maximum atomic E-state index is 13.0. The van der Waals surface area contributed by atoms with Crippen LogP contribution in [0.4, 0.5) is 14.9 Å². The van der Waals surface area contributed by atoms with Gasteiger partial charge in [-0.25, -0.2) is 14.2 Å². The third-order valence-electron chi connectivity index (χ3n) is 3.58. The van der Waals surface area contributed by atoms with Crippen molar-refractivity contribution in [2.24, 2.45) is 0 Å². The van der Waals surface area contributed by atoms with Crippen LogP contribution >= 0.6 is 0 Å². The van der Waals surface area contributed by atoms with E-state index >= 15 is 0 Å². The zero-order valence-electron chi connectivity index (χ0n) is 13.8. The fourth-order valence-electron chi connectivity index (χ4n) is 2.23. The Labute approximate surface area is 143 Å². The number of benzene rings is 2. The zero-order valence-corrected chi connectivity index (χ0v) is 13.8. The lowest BCUT2D eigenvalue weighted by Gasteiger charge is -2.23. The Morgan fingerprint density at radius 2 is 1.96 bits per heavy atom. The van der Waals surface area contributed by atoms with Gasteiger partial charge in [0.2, 0.25) is 5.89 Å². The van der Waals surface area contributed by atoms with E-state index in [0.717, 1.165) is 0 Å². The second-order valence-electron chi connectivity index (χ2n) is 6.33. The van der Waals surface area contributed by atoms with Crippen molar-refractivity contribution in [3.63, 3.8) is 0 Å². The number of hydrogen-bond acceptors (Lipinski definition) is 4. The molecule has 1 heterocycles. The van der Waals surface area contributed by atoms with Crippen LogP contribution in [0.25, 0.3) is 22.6 Å². The van der Waals surface area contributed by atoms with Gasteiger partial charge < -0.3 is 20.2 Å². The van der Waals surface area contributed by atoms with E-state index in [1.54, 1.807) is 44.2 Å². The summed E-state index contributed by atoms with van der Waals surface area (Å²) < 4.78 is 18.7. The first-order valence-electron chi connectivity index (χ1n) is 7.73. The van der Waals surface area contributed by atoms with E-state index < -0.39 is 11.6 Å². The van der Waals surface area contributed by atoms with Crippen LogP contribution in [0.15, 0.2) is 46.9 Å². The van der Waals surface area contributed by atoms with Gasteiger partial charge >= 0.3 is 6.03 Å². The van der Waals surface area contributed by atoms with Crippen molar-refractivity contribution in [2.45, 2.75) is 19.4 Å². The quantitative estimate of drug-likeness (QED) is 0.676. The molecular formula is C18H18FN3O3. The molecule has 0 atom stereocenters. The molecule has 130 valence electrons. The molecule has 0 radical (unpaired) electrons. The molecule has 2 amide bonds. The topological polar surface area (TPSA) is 87.4 Å². The van der Waals surface area contributed by atoms with Gasteiger partial charge in [0.25, 0.3) is 0 Å². The molecule has 2 aromatic carbocycles. The number of aliphatic hydroxyl groups is 1. The second-order valence-corrected chi connectivity index (χ2v) is 6.33. The van der Waals surface area contributed by atoms with Crippen molar-refractivity contribution in [3.05, 3.63) is 48.3 Å². The van der Waals surface area contributed by atoms with Gasteiger partial charge in [-0.1, -0.05) is 0 Å². The highest BCUT2D eigenvalue weighted by atomic mass is 19.1. The van der Waals surface area contributed by atoms with Gasteiger partial charge in [0, 0.05) is 17.3 Å². The number of hydrogen-bond donors (Lipinski definition) is 3. The van der Waals surface area contributed by atoms with Gasteiger partial charge in [0.1, 0.15) is 11.3 Å². The number of nitrogens with one attached hydrogen (secondary N) is 2. The van der Waals surface area contributed by atoms with Crippen LogP contribution in [0.1, 0.15) is 13.8 Å². The molecule has 3 rings (SSSR count). The highest BCUT2D eigenvalue weighted by Gasteiger charge is 2.19. The first-order valence-corrected chi connectivity index (χ1v) is 7.73. The molecule has 25 heavy (non-hydrogen) atoms. The number of nitrogens with zero attached hydrogens (tertiary/aromatic N) is 1. The first kappa shape index (κ1) is 16.9. The van der Waals surface area contributed by atoms with Crippen molar-refractivity contribution >= 4 is 22.8 Å². The number of carbonyl (C=O) groups is 1. The summed E-state index contributed by atoms with van der Waals surface area (Å²) in [4.78, 5) is 16.3. The average molecular weight is 343 g/mol. The van der Waals surface area contributed by atoms with Gasteiger partial charge in [0.15, 0.2) is 5.58 Å². The lowest BCUT2D eigenvalue weighted by Crippen LogP contribution is -2.48. The number of fused-ring (bicyclic) bond motifs is 1. The molecule has 1 aromatic heterocycles. The summed E-state index contributed by atoms with van der Waals surface area (Å²) in [6.07, 6.45) is 0. The van der Waals surface area contributed by atoms with Gasteiger partial charge in [-0.05, 0) is 50.2 Å². The van der Waals surface area contributed by atoms with E-state index in [2.05, 4.69) is 15.6 Å². The third-order valence-corrected chi connectivity index (χ3v) is 3.58. The normalized spacial score (nSPS) is 11.5. The van der Waals surface area contributed by atoms with Crippen molar-refractivity contribution in [1.29, 1.82) is 0 Å². The molecule has 6 nitrogen and oxygen atoms in total. The van der Waals surface area contributed by atoms with Crippen LogP contribution in [0.3, 0.4) is 0 Å². The van der Waals surface area contributed by atoms with Gasteiger partial charge in [-0.2, -0.15) is 0 Å². The van der Waals surface area contributed by atoms with E-state index in [9.17, 15) is 14.3 Å². The minimum Gasteiger partial charge on any atom is -0.436 e. The van der Waals surface area contributed by atoms with E-state index in [-0.39, 0.29) is 12.4 Å². The van der Waals surface area contributed by atoms with Crippen LogP contribution in [0, 0.1) is 5.82 Å². The Balaban J connectivity index is 1.81. The van der Waals surface area contributed by atoms with E-state index in [4.69, 9.17) is 4.42 Å². The van der Waals surface area contributed by atoms with Crippen LogP contribution in [0.5, 0.6) is 0 Å². The fourth-order valence-corrected chi connectivity index (χ4v) is 2.23. The Morgan fingerprint density at radius 1 is 1.24 bits per heavy atom. The predicted molar refractivity (Wildman–Crippen MR) is 92.7 cm³/mol.